The minimum absolute atomic E-state index is 0.127. The van der Waals surface area contributed by atoms with E-state index in [9.17, 15) is 4.79 Å². The van der Waals surface area contributed by atoms with Crippen molar-refractivity contribution in [3.05, 3.63) is 29.8 Å². The van der Waals surface area contributed by atoms with E-state index < -0.39 is 0 Å². The van der Waals surface area contributed by atoms with Gasteiger partial charge in [0.1, 0.15) is 11.9 Å². The van der Waals surface area contributed by atoms with Crippen LogP contribution in [0.25, 0.3) is 0 Å². The molecule has 0 radical (unpaired) electrons. The lowest BCUT2D eigenvalue weighted by Crippen LogP contribution is -2.47. The van der Waals surface area contributed by atoms with Crippen molar-refractivity contribution in [2.24, 2.45) is 4.99 Å². The molecule has 3 rings (SSSR count). The van der Waals surface area contributed by atoms with Crippen LogP contribution in [0.4, 0.5) is 0 Å². The van der Waals surface area contributed by atoms with Crippen molar-refractivity contribution < 1.29 is 9.53 Å². The van der Waals surface area contributed by atoms with Gasteiger partial charge >= 0.3 is 0 Å². The molecule has 130 valence electrons. The number of aliphatic imine (C=N–C) groups is 1. The molecule has 1 saturated heterocycles. The molecule has 2 aliphatic heterocycles. The third-order valence-electron chi connectivity index (χ3n) is 4.62. The van der Waals surface area contributed by atoms with E-state index in [1.807, 2.05) is 30.0 Å². The summed E-state index contributed by atoms with van der Waals surface area (Å²) in [7, 11) is 1.77. The third kappa shape index (κ3) is 3.80. The highest BCUT2D eigenvalue weighted by Crippen LogP contribution is 2.27. The molecule has 0 saturated carbocycles. The lowest BCUT2D eigenvalue weighted by molar-refractivity contribution is -0.129. The highest BCUT2D eigenvalue weighted by molar-refractivity contribution is 5.80. The molecule has 1 amide bonds. The van der Waals surface area contributed by atoms with Crippen molar-refractivity contribution in [2.75, 3.05) is 26.7 Å². The number of guanidine groups is 1. The maximum Gasteiger partial charge on any atom is 0.222 e. The van der Waals surface area contributed by atoms with Crippen LogP contribution >= 0.6 is 0 Å². The number of fused-ring (bicyclic) bond motifs is 1. The van der Waals surface area contributed by atoms with Crippen molar-refractivity contribution in [3.63, 3.8) is 0 Å². The number of ether oxygens (including phenoxy) is 1. The zero-order valence-electron chi connectivity index (χ0n) is 14.4. The minimum atomic E-state index is 0.127. The highest BCUT2D eigenvalue weighted by Gasteiger charge is 2.26. The summed E-state index contributed by atoms with van der Waals surface area (Å²) in [6.45, 7) is 4.18. The Morgan fingerprint density at radius 1 is 1.42 bits per heavy atom. The van der Waals surface area contributed by atoms with Crippen LogP contribution in [-0.4, -0.2) is 55.6 Å². The molecule has 0 bridgehead atoms. The number of hydrogen-bond acceptors (Lipinski definition) is 3. The highest BCUT2D eigenvalue weighted by atomic mass is 16.5. The van der Waals surface area contributed by atoms with Crippen LogP contribution in [0.2, 0.25) is 0 Å². The molecule has 0 spiro atoms. The molecular weight excluding hydrogens is 304 g/mol. The van der Waals surface area contributed by atoms with Crippen LogP contribution in [0.5, 0.6) is 5.75 Å². The standard InChI is InChI=1S/C18H26N4O2/c1-3-17(23)22-9-8-14(12-22)21-18(19-2)20-11-15-10-13-6-4-5-7-16(13)24-15/h4-7,14-15H,3,8-12H2,1-2H3,(H2,19,20,21). The Morgan fingerprint density at radius 2 is 2.25 bits per heavy atom. The van der Waals surface area contributed by atoms with Crippen molar-refractivity contribution in [2.45, 2.75) is 38.3 Å². The van der Waals surface area contributed by atoms with Gasteiger partial charge in [-0.25, -0.2) is 0 Å². The number of benzene rings is 1. The number of nitrogens with one attached hydrogen (secondary N) is 2. The number of hydrogen-bond donors (Lipinski definition) is 2. The average Bonchev–Trinajstić information content (AvgIpc) is 3.24. The van der Waals surface area contributed by atoms with Crippen molar-refractivity contribution in [1.29, 1.82) is 0 Å². The summed E-state index contributed by atoms with van der Waals surface area (Å²) >= 11 is 0. The second-order valence-electron chi connectivity index (χ2n) is 6.33. The van der Waals surface area contributed by atoms with Crippen LogP contribution in [0.3, 0.4) is 0 Å². The van der Waals surface area contributed by atoms with Gasteiger partial charge in [0.2, 0.25) is 5.91 Å². The molecule has 1 aromatic rings. The normalized spacial score (nSPS) is 22.9. The monoisotopic (exact) mass is 330 g/mol. The number of amides is 1. The molecule has 0 aliphatic carbocycles. The summed E-state index contributed by atoms with van der Waals surface area (Å²) < 4.78 is 5.94. The topological polar surface area (TPSA) is 66.0 Å². The molecule has 24 heavy (non-hydrogen) atoms. The van der Waals surface area contributed by atoms with Crippen LogP contribution in [0, 0.1) is 0 Å². The zero-order valence-corrected chi connectivity index (χ0v) is 14.4. The molecular formula is C18H26N4O2. The molecule has 2 unspecified atom stereocenters. The van der Waals surface area contributed by atoms with Gasteiger partial charge in [-0.2, -0.15) is 0 Å². The smallest absolute Gasteiger partial charge is 0.222 e. The fourth-order valence-corrected chi connectivity index (χ4v) is 3.29. The number of rotatable bonds is 4. The number of likely N-dealkylation sites (tertiary alicyclic amines) is 1. The Kier molecular flexibility index (Phi) is 5.23. The number of carbonyl (C=O) groups excluding carboxylic acids is 1. The van der Waals surface area contributed by atoms with Gasteiger partial charge in [-0.05, 0) is 18.1 Å². The number of para-hydroxylation sites is 1. The van der Waals surface area contributed by atoms with Crippen LogP contribution in [0.15, 0.2) is 29.3 Å². The van der Waals surface area contributed by atoms with Crippen molar-refractivity contribution >= 4 is 11.9 Å². The number of carbonyl (C=O) groups is 1. The Bertz CT molecular complexity index is 592. The number of nitrogens with zero attached hydrogens (tertiary/aromatic N) is 2. The molecule has 2 heterocycles. The fraction of sp³-hybridized carbons (Fsp3) is 0.556. The van der Waals surface area contributed by atoms with E-state index in [0.717, 1.165) is 37.6 Å². The summed E-state index contributed by atoms with van der Waals surface area (Å²) in [4.78, 5) is 18.0. The first-order valence-electron chi connectivity index (χ1n) is 8.69. The van der Waals surface area contributed by atoms with Gasteiger partial charge < -0.3 is 20.3 Å². The second-order valence-corrected chi connectivity index (χ2v) is 6.33. The van der Waals surface area contributed by atoms with Crippen LogP contribution in [0.1, 0.15) is 25.3 Å². The van der Waals surface area contributed by atoms with Gasteiger partial charge in [0, 0.05) is 39.0 Å². The second kappa shape index (κ2) is 7.55. The quantitative estimate of drug-likeness (QED) is 0.642. The molecule has 1 fully saturated rings. The van der Waals surface area contributed by atoms with E-state index in [4.69, 9.17) is 4.74 Å². The van der Waals surface area contributed by atoms with Crippen molar-refractivity contribution in [1.82, 2.24) is 15.5 Å². The first kappa shape index (κ1) is 16.6. The maximum atomic E-state index is 11.8. The molecule has 6 nitrogen and oxygen atoms in total. The van der Waals surface area contributed by atoms with Gasteiger partial charge in [-0.1, -0.05) is 25.1 Å². The first-order valence-corrected chi connectivity index (χ1v) is 8.69. The lowest BCUT2D eigenvalue weighted by atomic mass is 10.1. The molecule has 2 N–H and O–H groups in total. The maximum absolute atomic E-state index is 11.8. The van der Waals surface area contributed by atoms with E-state index >= 15 is 0 Å². The lowest BCUT2D eigenvalue weighted by Gasteiger charge is -2.20. The Hall–Kier alpha value is -2.24. The minimum Gasteiger partial charge on any atom is -0.488 e. The first-order chi connectivity index (χ1) is 11.7. The van der Waals surface area contributed by atoms with E-state index in [1.54, 1.807) is 7.05 Å². The molecule has 0 aromatic heterocycles. The predicted molar refractivity (Wildman–Crippen MR) is 94.3 cm³/mol. The Balaban J connectivity index is 1.44. The van der Waals surface area contributed by atoms with E-state index in [0.29, 0.717) is 13.0 Å². The van der Waals surface area contributed by atoms with Crippen LogP contribution < -0.4 is 15.4 Å². The largest absolute Gasteiger partial charge is 0.488 e. The Morgan fingerprint density at radius 3 is 3.00 bits per heavy atom. The SMILES string of the molecule is CCC(=O)N1CCC(NC(=NC)NCC2Cc3ccccc3O2)C1. The summed E-state index contributed by atoms with van der Waals surface area (Å²) in [5.41, 5.74) is 1.26. The van der Waals surface area contributed by atoms with Gasteiger partial charge in [-0.15, -0.1) is 0 Å². The summed E-state index contributed by atoms with van der Waals surface area (Å²) in [6.07, 6.45) is 2.57. The van der Waals surface area contributed by atoms with E-state index in [-0.39, 0.29) is 18.1 Å². The zero-order chi connectivity index (χ0) is 16.9. The van der Waals surface area contributed by atoms with Crippen LogP contribution in [-0.2, 0) is 11.2 Å². The summed E-state index contributed by atoms with van der Waals surface area (Å²) in [5, 5.41) is 6.75. The summed E-state index contributed by atoms with van der Waals surface area (Å²) in [6, 6.07) is 8.43. The molecule has 1 aromatic carbocycles. The molecule has 2 aliphatic rings. The third-order valence-corrected chi connectivity index (χ3v) is 4.62. The van der Waals surface area contributed by atoms with Gasteiger partial charge in [-0.3, -0.25) is 9.79 Å². The van der Waals surface area contributed by atoms with E-state index in [2.05, 4.69) is 21.7 Å². The average molecular weight is 330 g/mol. The Labute approximate surface area is 143 Å². The van der Waals surface area contributed by atoms with Crippen molar-refractivity contribution in [3.8, 4) is 5.75 Å². The van der Waals surface area contributed by atoms with Gasteiger partial charge in [0.25, 0.3) is 0 Å². The predicted octanol–water partition coefficient (Wildman–Crippen LogP) is 1.17. The van der Waals surface area contributed by atoms with Gasteiger partial charge in [0.15, 0.2) is 5.96 Å². The fourth-order valence-electron chi connectivity index (χ4n) is 3.29. The van der Waals surface area contributed by atoms with E-state index in [1.165, 1.54) is 5.56 Å². The van der Waals surface area contributed by atoms with Gasteiger partial charge in [0.05, 0.1) is 6.54 Å². The summed E-state index contributed by atoms with van der Waals surface area (Å²) in [5.74, 6) is 1.97. The molecule has 2 atom stereocenters. The molecule has 6 heteroatoms.